The van der Waals surface area contributed by atoms with Crippen molar-refractivity contribution in [1.29, 1.82) is 0 Å². The zero-order valence-electron chi connectivity index (χ0n) is 16.4. The van der Waals surface area contributed by atoms with E-state index in [0.29, 0.717) is 23.7 Å². The summed E-state index contributed by atoms with van der Waals surface area (Å²) in [7, 11) is 1.57. The number of hydrogen-bond donors (Lipinski definition) is 2. The fraction of sp³-hybridized carbons (Fsp3) is 0.450. The Morgan fingerprint density at radius 2 is 2.25 bits per heavy atom. The third kappa shape index (κ3) is 4.89. The first kappa shape index (κ1) is 19.9. The average Bonchev–Trinajstić information content (AvgIpc) is 3.22. The molecular formula is C20H27N5O3. The van der Waals surface area contributed by atoms with Crippen molar-refractivity contribution in [3.63, 3.8) is 0 Å². The lowest BCUT2D eigenvalue weighted by Crippen LogP contribution is -2.38. The van der Waals surface area contributed by atoms with Gasteiger partial charge in [-0.2, -0.15) is 5.10 Å². The number of hydrogen-bond acceptors (Lipinski definition) is 5. The van der Waals surface area contributed by atoms with Crippen LogP contribution in [0.2, 0.25) is 0 Å². The lowest BCUT2D eigenvalue weighted by Gasteiger charge is -2.23. The van der Waals surface area contributed by atoms with Crippen LogP contribution in [0.15, 0.2) is 36.5 Å². The summed E-state index contributed by atoms with van der Waals surface area (Å²) in [4.78, 5) is 26.7. The molecular weight excluding hydrogens is 358 g/mol. The van der Waals surface area contributed by atoms with Gasteiger partial charge < -0.3 is 20.3 Å². The summed E-state index contributed by atoms with van der Waals surface area (Å²) < 4.78 is 7.01. The fourth-order valence-corrected chi connectivity index (χ4v) is 3.28. The van der Waals surface area contributed by atoms with Crippen LogP contribution in [0.1, 0.15) is 36.3 Å². The van der Waals surface area contributed by atoms with Gasteiger partial charge in [0, 0.05) is 31.0 Å². The SMILES string of the molecule is CCN(CC(=O)Nc1cccc(OC)c1)C(=O)c1ccn(C2CCCNC2)n1. The Morgan fingerprint density at radius 3 is 2.96 bits per heavy atom. The van der Waals surface area contributed by atoms with Gasteiger partial charge in [0.2, 0.25) is 5.91 Å². The molecule has 3 rings (SSSR count). The number of rotatable bonds is 7. The Balaban J connectivity index is 1.61. The number of ether oxygens (including phenoxy) is 1. The lowest BCUT2D eigenvalue weighted by atomic mass is 10.1. The quantitative estimate of drug-likeness (QED) is 0.760. The lowest BCUT2D eigenvalue weighted by molar-refractivity contribution is -0.116. The first-order chi connectivity index (χ1) is 13.6. The number of anilines is 1. The molecule has 2 amide bonds. The number of nitrogens with zero attached hydrogens (tertiary/aromatic N) is 3. The maximum absolute atomic E-state index is 12.8. The van der Waals surface area contributed by atoms with Gasteiger partial charge in [-0.1, -0.05) is 6.07 Å². The molecule has 2 aromatic rings. The standard InChI is InChI=1S/C20H27N5O3/c1-3-24(14-19(26)22-15-6-4-8-17(12-15)28-2)20(27)18-9-11-25(23-18)16-7-5-10-21-13-16/h4,6,8-9,11-12,16,21H,3,5,7,10,13-14H2,1-2H3,(H,22,26). The predicted octanol–water partition coefficient (Wildman–Crippen LogP) is 1.92. The van der Waals surface area contributed by atoms with Gasteiger partial charge in [0.15, 0.2) is 0 Å². The number of amides is 2. The summed E-state index contributed by atoms with van der Waals surface area (Å²) >= 11 is 0. The number of methoxy groups -OCH3 is 1. The van der Waals surface area contributed by atoms with E-state index in [2.05, 4.69) is 15.7 Å². The summed E-state index contributed by atoms with van der Waals surface area (Å²) in [5, 5.41) is 10.6. The highest BCUT2D eigenvalue weighted by molar-refractivity contribution is 5.98. The van der Waals surface area contributed by atoms with Crippen LogP contribution in [0, 0.1) is 0 Å². The highest BCUT2D eigenvalue weighted by Gasteiger charge is 2.22. The molecule has 8 nitrogen and oxygen atoms in total. The van der Waals surface area contributed by atoms with Gasteiger partial charge in [0.05, 0.1) is 13.2 Å². The zero-order valence-corrected chi connectivity index (χ0v) is 16.4. The number of likely N-dealkylation sites (N-methyl/N-ethyl adjacent to an activating group) is 1. The molecule has 150 valence electrons. The first-order valence-corrected chi connectivity index (χ1v) is 9.59. The molecule has 8 heteroatoms. The van der Waals surface area contributed by atoms with E-state index in [4.69, 9.17) is 4.74 Å². The van der Waals surface area contributed by atoms with Gasteiger partial charge in [0.25, 0.3) is 5.91 Å². The molecule has 0 spiro atoms. The molecule has 28 heavy (non-hydrogen) atoms. The second-order valence-electron chi connectivity index (χ2n) is 6.78. The van der Waals surface area contributed by atoms with E-state index < -0.39 is 0 Å². The molecule has 2 N–H and O–H groups in total. The highest BCUT2D eigenvalue weighted by atomic mass is 16.5. The Hall–Kier alpha value is -2.87. The van der Waals surface area contributed by atoms with E-state index in [-0.39, 0.29) is 24.4 Å². The third-order valence-corrected chi connectivity index (χ3v) is 4.83. The van der Waals surface area contributed by atoms with E-state index in [1.54, 1.807) is 37.4 Å². The topological polar surface area (TPSA) is 88.5 Å². The van der Waals surface area contributed by atoms with E-state index in [0.717, 1.165) is 25.9 Å². The summed E-state index contributed by atoms with van der Waals surface area (Å²) in [6, 6.07) is 9.09. The molecule has 1 atom stereocenters. The van der Waals surface area contributed by atoms with Gasteiger partial charge in [0.1, 0.15) is 18.0 Å². The van der Waals surface area contributed by atoms with Crippen molar-refractivity contribution in [1.82, 2.24) is 20.0 Å². The minimum Gasteiger partial charge on any atom is -0.497 e. The molecule has 0 radical (unpaired) electrons. The second kappa shape index (κ2) is 9.36. The molecule has 0 bridgehead atoms. The Bertz CT molecular complexity index is 814. The van der Waals surface area contributed by atoms with Gasteiger partial charge in [-0.05, 0) is 44.5 Å². The third-order valence-electron chi connectivity index (χ3n) is 4.83. The summed E-state index contributed by atoms with van der Waals surface area (Å²) in [5.41, 5.74) is 0.989. The molecule has 1 saturated heterocycles. The van der Waals surface area contributed by atoms with Crippen LogP contribution in [-0.2, 0) is 4.79 Å². The smallest absolute Gasteiger partial charge is 0.274 e. The van der Waals surface area contributed by atoms with Crippen molar-refractivity contribution in [2.24, 2.45) is 0 Å². The van der Waals surface area contributed by atoms with Gasteiger partial charge in [-0.15, -0.1) is 0 Å². The number of carbonyl (C=O) groups is 2. The minimum absolute atomic E-state index is 0.0373. The predicted molar refractivity (Wildman–Crippen MR) is 107 cm³/mol. The van der Waals surface area contributed by atoms with Crippen LogP contribution >= 0.6 is 0 Å². The zero-order chi connectivity index (χ0) is 19.9. The summed E-state index contributed by atoms with van der Waals surface area (Å²) in [6.07, 6.45) is 3.98. The van der Waals surface area contributed by atoms with Crippen LogP contribution in [0.25, 0.3) is 0 Å². The Labute approximate surface area is 164 Å². The molecule has 0 aliphatic carbocycles. The van der Waals surface area contributed by atoms with Crippen LogP contribution < -0.4 is 15.4 Å². The average molecular weight is 385 g/mol. The monoisotopic (exact) mass is 385 g/mol. The normalized spacial score (nSPS) is 16.4. The number of benzene rings is 1. The molecule has 1 aliphatic rings. The molecule has 2 heterocycles. The van der Waals surface area contributed by atoms with Crippen molar-refractivity contribution in [2.75, 3.05) is 38.6 Å². The molecule has 1 aliphatic heterocycles. The summed E-state index contributed by atoms with van der Waals surface area (Å²) in [5.74, 6) is 0.147. The van der Waals surface area contributed by atoms with Crippen molar-refractivity contribution >= 4 is 17.5 Å². The van der Waals surface area contributed by atoms with Gasteiger partial charge >= 0.3 is 0 Å². The number of piperidine rings is 1. The van der Waals surface area contributed by atoms with Gasteiger partial charge in [-0.25, -0.2) is 0 Å². The second-order valence-corrected chi connectivity index (χ2v) is 6.78. The van der Waals surface area contributed by atoms with Crippen molar-refractivity contribution in [3.8, 4) is 5.75 Å². The highest BCUT2D eigenvalue weighted by Crippen LogP contribution is 2.18. The van der Waals surface area contributed by atoms with Crippen LogP contribution in [0.4, 0.5) is 5.69 Å². The Kier molecular flexibility index (Phi) is 6.65. The van der Waals surface area contributed by atoms with Crippen LogP contribution in [0.3, 0.4) is 0 Å². The number of nitrogens with one attached hydrogen (secondary N) is 2. The fourth-order valence-electron chi connectivity index (χ4n) is 3.28. The van der Waals surface area contributed by atoms with Crippen molar-refractivity contribution in [3.05, 3.63) is 42.2 Å². The van der Waals surface area contributed by atoms with E-state index >= 15 is 0 Å². The van der Waals surface area contributed by atoms with E-state index in [1.807, 2.05) is 17.8 Å². The molecule has 1 fully saturated rings. The van der Waals surface area contributed by atoms with Crippen LogP contribution in [0.5, 0.6) is 5.75 Å². The Morgan fingerprint density at radius 1 is 1.39 bits per heavy atom. The number of carbonyl (C=O) groups excluding carboxylic acids is 2. The molecule has 1 aromatic heterocycles. The maximum Gasteiger partial charge on any atom is 0.274 e. The molecule has 1 aromatic carbocycles. The van der Waals surface area contributed by atoms with E-state index in [1.165, 1.54) is 4.90 Å². The van der Waals surface area contributed by atoms with E-state index in [9.17, 15) is 9.59 Å². The molecule has 1 unspecified atom stereocenters. The number of aromatic nitrogens is 2. The summed E-state index contributed by atoms with van der Waals surface area (Å²) in [6.45, 7) is 4.11. The van der Waals surface area contributed by atoms with Gasteiger partial charge in [-0.3, -0.25) is 14.3 Å². The maximum atomic E-state index is 12.8. The van der Waals surface area contributed by atoms with Crippen molar-refractivity contribution < 1.29 is 14.3 Å². The van der Waals surface area contributed by atoms with Crippen molar-refractivity contribution in [2.45, 2.75) is 25.8 Å². The minimum atomic E-state index is -0.264. The largest absolute Gasteiger partial charge is 0.497 e. The van der Waals surface area contributed by atoms with Crippen LogP contribution in [-0.4, -0.2) is 59.8 Å². The molecule has 0 saturated carbocycles. The first-order valence-electron chi connectivity index (χ1n) is 9.59.